The number of carbonyl (C=O) groups excluding carboxylic acids is 2. The standard InChI is InChI=1S/C12H12N2O4/c1-2-3-4-17-10(15)5-9-11-8(12(16)18-9)6-13-7-14-11/h5-7H,2-4H2,1H3. The number of esters is 2. The predicted molar refractivity (Wildman–Crippen MR) is 61.3 cm³/mol. The molecule has 0 radical (unpaired) electrons. The summed E-state index contributed by atoms with van der Waals surface area (Å²) in [7, 11) is 0. The second kappa shape index (κ2) is 5.39. The number of ether oxygens (including phenoxy) is 2. The van der Waals surface area contributed by atoms with E-state index in [9.17, 15) is 9.59 Å². The summed E-state index contributed by atoms with van der Waals surface area (Å²) in [6, 6.07) is 0. The minimum Gasteiger partial charge on any atom is -0.462 e. The van der Waals surface area contributed by atoms with Gasteiger partial charge < -0.3 is 9.47 Å². The van der Waals surface area contributed by atoms with E-state index in [2.05, 4.69) is 9.97 Å². The Balaban J connectivity index is 2.11. The number of nitrogens with zero attached hydrogens (tertiary/aromatic N) is 2. The quantitative estimate of drug-likeness (QED) is 0.454. The molecule has 6 heteroatoms. The van der Waals surface area contributed by atoms with Gasteiger partial charge in [-0.15, -0.1) is 0 Å². The van der Waals surface area contributed by atoms with E-state index in [-0.39, 0.29) is 11.3 Å². The third kappa shape index (κ3) is 2.53. The van der Waals surface area contributed by atoms with Gasteiger partial charge in [0.05, 0.1) is 12.7 Å². The fourth-order valence-corrected chi connectivity index (χ4v) is 1.44. The number of carbonyl (C=O) groups is 2. The van der Waals surface area contributed by atoms with E-state index < -0.39 is 11.9 Å². The smallest absolute Gasteiger partial charge is 0.347 e. The monoisotopic (exact) mass is 248 g/mol. The average molecular weight is 248 g/mol. The Morgan fingerprint density at radius 2 is 2.39 bits per heavy atom. The summed E-state index contributed by atoms with van der Waals surface area (Å²) in [4.78, 5) is 30.5. The zero-order chi connectivity index (χ0) is 13.0. The molecule has 2 heterocycles. The lowest BCUT2D eigenvalue weighted by Crippen LogP contribution is -2.03. The zero-order valence-corrected chi connectivity index (χ0v) is 9.88. The van der Waals surface area contributed by atoms with E-state index in [1.165, 1.54) is 12.5 Å². The van der Waals surface area contributed by atoms with Gasteiger partial charge in [-0.3, -0.25) is 0 Å². The molecule has 0 saturated carbocycles. The van der Waals surface area contributed by atoms with Crippen molar-refractivity contribution in [1.29, 1.82) is 0 Å². The molecule has 0 bridgehead atoms. The molecule has 0 unspecified atom stereocenters. The van der Waals surface area contributed by atoms with Crippen LogP contribution in [0.2, 0.25) is 0 Å². The first-order valence-corrected chi connectivity index (χ1v) is 5.63. The molecule has 18 heavy (non-hydrogen) atoms. The van der Waals surface area contributed by atoms with Gasteiger partial charge in [0.15, 0.2) is 5.76 Å². The van der Waals surface area contributed by atoms with E-state index in [0.29, 0.717) is 12.3 Å². The van der Waals surface area contributed by atoms with Crippen LogP contribution in [0.3, 0.4) is 0 Å². The molecule has 94 valence electrons. The Labute approximate surface area is 104 Å². The number of aromatic nitrogens is 2. The number of unbranched alkanes of at least 4 members (excludes halogenated alkanes) is 1. The van der Waals surface area contributed by atoms with Crippen LogP contribution in [0.5, 0.6) is 0 Å². The molecule has 2 rings (SSSR count). The van der Waals surface area contributed by atoms with Crippen molar-refractivity contribution in [3.63, 3.8) is 0 Å². The van der Waals surface area contributed by atoms with Crippen LogP contribution >= 0.6 is 0 Å². The summed E-state index contributed by atoms with van der Waals surface area (Å²) in [6.07, 6.45) is 5.51. The lowest BCUT2D eigenvalue weighted by molar-refractivity contribution is -0.137. The molecule has 0 aromatic carbocycles. The number of cyclic esters (lactones) is 1. The fraction of sp³-hybridized carbons (Fsp3) is 0.333. The topological polar surface area (TPSA) is 78.4 Å². The Morgan fingerprint density at radius 3 is 3.17 bits per heavy atom. The predicted octanol–water partition coefficient (Wildman–Crippen LogP) is 1.33. The van der Waals surface area contributed by atoms with Crippen LogP contribution < -0.4 is 0 Å². The van der Waals surface area contributed by atoms with E-state index in [1.807, 2.05) is 6.92 Å². The van der Waals surface area contributed by atoms with Crippen LogP contribution in [-0.2, 0) is 14.3 Å². The van der Waals surface area contributed by atoms with Crippen molar-refractivity contribution in [2.24, 2.45) is 0 Å². The Hall–Kier alpha value is -2.24. The molecule has 0 atom stereocenters. The lowest BCUT2D eigenvalue weighted by atomic mass is 10.2. The first-order chi connectivity index (χ1) is 8.72. The molecule has 0 saturated heterocycles. The first kappa shape index (κ1) is 12.2. The van der Waals surface area contributed by atoms with Gasteiger partial charge in [-0.1, -0.05) is 13.3 Å². The maximum Gasteiger partial charge on any atom is 0.347 e. The summed E-state index contributed by atoms with van der Waals surface area (Å²) in [5.41, 5.74) is 0.576. The van der Waals surface area contributed by atoms with Gasteiger partial charge in [-0.05, 0) is 6.42 Å². The zero-order valence-electron chi connectivity index (χ0n) is 9.88. The Kier molecular flexibility index (Phi) is 3.66. The minimum absolute atomic E-state index is 0.110. The van der Waals surface area contributed by atoms with E-state index in [4.69, 9.17) is 9.47 Å². The largest absolute Gasteiger partial charge is 0.462 e. The van der Waals surface area contributed by atoms with Crippen LogP contribution in [0.4, 0.5) is 0 Å². The van der Waals surface area contributed by atoms with Gasteiger partial charge >= 0.3 is 11.9 Å². The molecule has 0 N–H and O–H groups in total. The second-order valence-corrected chi connectivity index (χ2v) is 3.70. The van der Waals surface area contributed by atoms with E-state index in [0.717, 1.165) is 18.9 Å². The van der Waals surface area contributed by atoms with Gasteiger partial charge in [-0.25, -0.2) is 19.6 Å². The van der Waals surface area contributed by atoms with Crippen LogP contribution in [-0.4, -0.2) is 28.5 Å². The molecular weight excluding hydrogens is 236 g/mol. The van der Waals surface area contributed by atoms with Crippen molar-refractivity contribution in [2.75, 3.05) is 6.61 Å². The molecule has 6 nitrogen and oxygen atoms in total. The number of hydrogen-bond donors (Lipinski definition) is 0. The third-order valence-electron chi connectivity index (χ3n) is 2.36. The Bertz CT molecular complexity index is 511. The van der Waals surface area contributed by atoms with Crippen LogP contribution in [0, 0.1) is 0 Å². The van der Waals surface area contributed by atoms with Gasteiger partial charge in [0, 0.05) is 6.20 Å². The molecule has 1 aliphatic rings. The highest BCUT2D eigenvalue weighted by molar-refractivity contribution is 6.04. The van der Waals surface area contributed by atoms with Crippen molar-refractivity contribution >= 4 is 17.7 Å². The van der Waals surface area contributed by atoms with Crippen molar-refractivity contribution < 1.29 is 19.1 Å². The molecule has 0 fully saturated rings. The van der Waals surface area contributed by atoms with Crippen molar-refractivity contribution in [2.45, 2.75) is 19.8 Å². The summed E-state index contributed by atoms with van der Waals surface area (Å²) >= 11 is 0. The van der Waals surface area contributed by atoms with Crippen LogP contribution in [0.25, 0.3) is 5.76 Å². The molecular formula is C12H12N2O4. The molecule has 1 aromatic rings. The fourth-order valence-electron chi connectivity index (χ4n) is 1.44. The van der Waals surface area contributed by atoms with Crippen molar-refractivity contribution in [3.8, 4) is 0 Å². The Morgan fingerprint density at radius 1 is 1.56 bits per heavy atom. The SMILES string of the molecule is CCCCOC(=O)C=C1OC(=O)c2cncnc21. The summed E-state index contributed by atoms with van der Waals surface area (Å²) in [5, 5.41) is 0. The second-order valence-electron chi connectivity index (χ2n) is 3.70. The van der Waals surface area contributed by atoms with Crippen molar-refractivity contribution in [3.05, 3.63) is 29.9 Å². The highest BCUT2D eigenvalue weighted by Gasteiger charge is 2.28. The van der Waals surface area contributed by atoms with Gasteiger partial charge in [-0.2, -0.15) is 0 Å². The summed E-state index contributed by atoms with van der Waals surface area (Å²) < 4.78 is 9.87. The maximum absolute atomic E-state index is 11.5. The highest BCUT2D eigenvalue weighted by atomic mass is 16.6. The van der Waals surface area contributed by atoms with E-state index in [1.54, 1.807) is 0 Å². The van der Waals surface area contributed by atoms with Crippen LogP contribution in [0.1, 0.15) is 35.8 Å². The van der Waals surface area contributed by atoms with Gasteiger partial charge in [0.2, 0.25) is 0 Å². The van der Waals surface area contributed by atoms with Crippen molar-refractivity contribution in [1.82, 2.24) is 9.97 Å². The molecule has 1 aromatic heterocycles. The number of hydrogen-bond acceptors (Lipinski definition) is 6. The average Bonchev–Trinajstić information content (AvgIpc) is 2.67. The summed E-state index contributed by atoms with van der Waals surface area (Å²) in [5.74, 6) is -0.991. The third-order valence-corrected chi connectivity index (χ3v) is 2.36. The highest BCUT2D eigenvalue weighted by Crippen LogP contribution is 2.26. The molecule has 0 spiro atoms. The molecule has 0 amide bonds. The normalized spacial score (nSPS) is 15.4. The summed E-state index contributed by atoms with van der Waals surface area (Å²) in [6.45, 7) is 2.35. The molecule has 1 aliphatic heterocycles. The maximum atomic E-state index is 11.5. The van der Waals surface area contributed by atoms with Crippen LogP contribution in [0.15, 0.2) is 18.6 Å². The minimum atomic E-state index is -0.557. The number of fused-ring (bicyclic) bond motifs is 1. The van der Waals surface area contributed by atoms with Gasteiger partial charge in [0.25, 0.3) is 0 Å². The first-order valence-electron chi connectivity index (χ1n) is 5.63. The van der Waals surface area contributed by atoms with Gasteiger partial charge in [0.1, 0.15) is 17.6 Å². The van der Waals surface area contributed by atoms with E-state index >= 15 is 0 Å². The molecule has 0 aliphatic carbocycles. The number of rotatable bonds is 4. The lowest BCUT2D eigenvalue weighted by Gasteiger charge is -2.00.